The highest BCUT2D eigenvalue weighted by molar-refractivity contribution is 6.00. The molecule has 2 bridgehead atoms. The van der Waals surface area contributed by atoms with Gasteiger partial charge in [-0.3, -0.25) is 4.79 Å². The molecule has 0 radical (unpaired) electrons. The number of likely N-dealkylation sites (tertiary alicyclic amines) is 1. The van der Waals surface area contributed by atoms with Gasteiger partial charge in [0.05, 0.1) is 18.4 Å². The zero-order valence-corrected chi connectivity index (χ0v) is 15.1. The lowest BCUT2D eigenvalue weighted by Crippen LogP contribution is -2.50. The number of pyridine rings is 1. The smallest absolute Gasteiger partial charge is 0.339 e. The Hall–Kier alpha value is -3.09. The standard InChI is InChI=1S/C20H21N3O4/c1-27-19(25)15-5-2-3-6-16(15)21-20(26)22-10-13-9-14(12-22)17-7-4-8-18(24)23(17)11-13/h2-8,13-14H,9-12H2,1H3,(H,21,26)/t13-,14-/m0/s1. The molecule has 2 aliphatic rings. The maximum Gasteiger partial charge on any atom is 0.339 e. The number of urea groups is 1. The predicted octanol–water partition coefficient (Wildman–Crippen LogP) is 2.29. The van der Waals surface area contributed by atoms with Crippen molar-refractivity contribution in [2.45, 2.75) is 18.9 Å². The van der Waals surface area contributed by atoms with Crippen molar-refractivity contribution < 1.29 is 14.3 Å². The molecule has 2 aliphatic heterocycles. The Morgan fingerprint density at radius 1 is 1.07 bits per heavy atom. The Labute approximate surface area is 156 Å². The van der Waals surface area contributed by atoms with Gasteiger partial charge in [0.1, 0.15) is 0 Å². The molecule has 2 atom stereocenters. The lowest BCUT2D eigenvalue weighted by molar-refractivity contribution is 0.0602. The number of nitrogens with zero attached hydrogens (tertiary/aromatic N) is 2. The van der Waals surface area contributed by atoms with Gasteiger partial charge in [-0.05, 0) is 30.5 Å². The molecule has 0 unspecified atom stereocenters. The number of hydrogen-bond acceptors (Lipinski definition) is 4. The topological polar surface area (TPSA) is 80.6 Å². The summed E-state index contributed by atoms with van der Waals surface area (Å²) in [4.78, 5) is 38.6. The van der Waals surface area contributed by atoms with Crippen molar-refractivity contribution in [1.29, 1.82) is 0 Å². The van der Waals surface area contributed by atoms with E-state index in [1.807, 2.05) is 10.6 Å². The van der Waals surface area contributed by atoms with Crippen LogP contribution in [0.25, 0.3) is 0 Å². The lowest BCUT2D eigenvalue weighted by atomic mass is 9.83. The molecular weight excluding hydrogens is 346 g/mol. The van der Waals surface area contributed by atoms with E-state index in [1.54, 1.807) is 41.3 Å². The van der Waals surface area contributed by atoms with Gasteiger partial charge < -0.3 is 19.5 Å². The molecule has 7 heteroatoms. The largest absolute Gasteiger partial charge is 0.465 e. The normalized spacial score (nSPS) is 20.6. The Bertz CT molecular complexity index is 952. The van der Waals surface area contributed by atoms with Crippen molar-refractivity contribution in [3.63, 3.8) is 0 Å². The second-order valence-corrected chi connectivity index (χ2v) is 7.07. The van der Waals surface area contributed by atoms with Gasteiger partial charge in [-0.1, -0.05) is 18.2 Å². The van der Waals surface area contributed by atoms with E-state index >= 15 is 0 Å². The number of esters is 1. The van der Waals surface area contributed by atoms with E-state index < -0.39 is 5.97 Å². The van der Waals surface area contributed by atoms with E-state index in [2.05, 4.69) is 5.32 Å². The van der Waals surface area contributed by atoms with Crippen molar-refractivity contribution in [1.82, 2.24) is 9.47 Å². The van der Waals surface area contributed by atoms with Crippen molar-refractivity contribution in [3.05, 3.63) is 64.1 Å². The molecule has 3 heterocycles. The molecule has 2 amide bonds. The Balaban J connectivity index is 1.54. The summed E-state index contributed by atoms with van der Waals surface area (Å²) in [7, 11) is 1.31. The number of carbonyl (C=O) groups excluding carboxylic acids is 2. The van der Waals surface area contributed by atoms with Crippen LogP contribution in [0.1, 0.15) is 28.4 Å². The molecule has 1 fully saturated rings. The highest BCUT2D eigenvalue weighted by atomic mass is 16.5. The average Bonchev–Trinajstić information content (AvgIpc) is 2.68. The molecule has 4 rings (SSSR count). The van der Waals surface area contributed by atoms with Crippen LogP contribution in [-0.4, -0.2) is 41.7 Å². The van der Waals surface area contributed by atoms with Crippen LogP contribution in [-0.2, 0) is 11.3 Å². The lowest BCUT2D eigenvalue weighted by Gasteiger charge is -2.42. The molecule has 7 nitrogen and oxygen atoms in total. The van der Waals surface area contributed by atoms with Gasteiger partial charge in [0, 0.05) is 37.3 Å². The highest BCUT2D eigenvalue weighted by Crippen LogP contribution is 2.35. The van der Waals surface area contributed by atoms with Gasteiger partial charge in [0.15, 0.2) is 0 Å². The molecule has 0 saturated carbocycles. The molecule has 2 aromatic rings. The number of piperidine rings is 1. The summed E-state index contributed by atoms with van der Waals surface area (Å²) in [6.07, 6.45) is 0.978. The van der Waals surface area contributed by atoms with Crippen molar-refractivity contribution >= 4 is 17.7 Å². The fourth-order valence-electron chi connectivity index (χ4n) is 4.14. The first kappa shape index (κ1) is 17.3. The number of anilines is 1. The molecule has 0 aliphatic carbocycles. The number of ether oxygens (including phenoxy) is 1. The molecule has 1 N–H and O–H groups in total. The minimum Gasteiger partial charge on any atom is -0.465 e. The number of benzene rings is 1. The van der Waals surface area contributed by atoms with Crippen LogP contribution in [0.15, 0.2) is 47.3 Å². The highest BCUT2D eigenvalue weighted by Gasteiger charge is 2.36. The zero-order valence-electron chi connectivity index (χ0n) is 15.1. The minimum absolute atomic E-state index is 0.0205. The van der Waals surface area contributed by atoms with E-state index in [4.69, 9.17) is 4.74 Å². The SMILES string of the molecule is COC(=O)c1ccccc1NC(=O)N1C[C@@H]2C[C@@H](C1)c1cccc(=O)n1C2. The summed E-state index contributed by atoms with van der Waals surface area (Å²) < 4.78 is 6.61. The van der Waals surface area contributed by atoms with Crippen LogP contribution in [0.5, 0.6) is 0 Å². The number of amides is 2. The predicted molar refractivity (Wildman–Crippen MR) is 99.9 cm³/mol. The van der Waals surface area contributed by atoms with Crippen LogP contribution in [0, 0.1) is 5.92 Å². The van der Waals surface area contributed by atoms with E-state index in [0.717, 1.165) is 12.1 Å². The van der Waals surface area contributed by atoms with Gasteiger partial charge in [-0.25, -0.2) is 9.59 Å². The van der Waals surface area contributed by atoms with Gasteiger partial charge in [-0.2, -0.15) is 0 Å². The van der Waals surface area contributed by atoms with Gasteiger partial charge >= 0.3 is 12.0 Å². The number of aromatic nitrogens is 1. The number of para-hydroxylation sites is 1. The van der Waals surface area contributed by atoms with Crippen LogP contribution in [0.2, 0.25) is 0 Å². The van der Waals surface area contributed by atoms with E-state index in [9.17, 15) is 14.4 Å². The first-order valence-corrected chi connectivity index (χ1v) is 9.00. The minimum atomic E-state index is -0.491. The number of nitrogens with one attached hydrogen (secondary N) is 1. The number of rotatable bonds is 2. The van der Waals surface area contributed by atoms with Crippen molar-refractivity contribution in [2.24, 2.45) is 5.92 Å². The van der Waals surface area contributed by atoms with Crippen molar-refractivity contribution in [3.8, 4) is 0 Å². The second-order valence-electron chi connectivity index (χ2n) is 7.07. The van der Waals surface area contributed by atoms with Gasteiger partial charge in [0.25, 0.3) is 5.56 Å². The molecular formula is C20H21N3O4. The monoisotopic (exact) mass is 367 g/mol. The summed E-state index contributed by atoms with van der Waals surface area (Å²) in [5, 5.41) is 2.84. The fraction of sp³-hybridized carbons (Fsp3) is 0.350. The molecule has 140 valence electrons. The molecule has 1 aromatic heterocycles. The third kappa shape index (κ3) is 3.20. The maximum absolute atomic E-state index is 12.8. The summed E-state index contributed by atoms with van der Waals surface area (Å²) in [5.74, 6) is -0.0966. The quantitative estimate of drug-likeness (QED) is 0.826. The van der Waals surface area contributed by atoms with Crippen molar-refractivity contribution in [2.75, 3.05) is 25.5 Å². The van der Waals surface area contributed by atoms with Crippen LogP contribution < -0.4 is 10.9 Å². The van der Waals surface area contributed by atoms with Gasteiger partial charge in [0.2, 0.25) is 0 Å². The van der Waals surface area contributed by atoms with Crippen LogP contribution in [0.3, 0.4) is 0 Å². The Kier molecular flexibility index (Phi) is 4.43. The fourth-order valence-corrected chi connectivity index (χ4v) is 4.14. The average molecular weight is 367 g/mol. The Morgan fingerprint density at radius 3 is 2.70 bits per heavy atom. The second kappa shape index (κ2) is 6.90. The van der Waals surface area contributed by atoms with Crippen LogP contribution in [0.4, 0.5) is 10.5 Å². The van der Waals surface area contributed by atoms with E-state index in [-0.39, 0.29) is 23.4 Å². The summed E-state index contributed by atoms with van der Waals surface area (Å²) in [5.41, 5.74) is 1.77. The number of methoxy groups -OCH3 is 1. The maximum atomic E-state index is 12.8. The number of hydrogen-bond donors (Lipinski definition) is 1. The van der Waals surface area contributed by atoms with E-state index in [0.29, 0.717) is 30.9 Å². The molecule has 1 saturated heterocycles. The summed E-state index contributed by atoms with van der Waals surface area (Å²) in [6.45, 7) is 1.77. The first-order chi connectivity index (χ1) is 13.1. The number of fused-ring (bicyclic) bond motifs is 4. The molecule has 27 heavy (non-hydrogen) atoms. The third-order valence-corrected chi connectivity index (χ3v) is 5.34. The van der Waals surface area contributed by atoms with Crippen LogP contribution >= 0.6 is 0 Å². The third-order valence-electron chi connectivity index (χ3n) is 5.34. The number of carbonyl (C=O) groups is 2. The zero-order chi connectivity index (χ0) is 19.0. The molecule has 0 spiro atoms. The summed E-state index contributed by atoms with van der Waals surface area (Å²) in [6, 6.07) is 11.9. The first-order valence-electron chi connectivity index (χ1n) is 9.00. The molecule has 1 aromatic carbocycles. The Morgan fingerprint density at radius 2 is 1.89 bits per heavy atom. The van der Waals surface area contributed by atoms with Gasteiger partial charge in [-0.15, -0.1) is 0 Å². The summed E-state index contributed by atoms with van der Waals surface area (Å²) >= 11 is 0. The van der Waals surface area contributed by atoms with E-state index in [1.165, 1.54) is 7.11 Å².